The van der Waals surface area contributed by atoms with Gasteiger partial charge in [0.1, 0.15) is 17.4 Å². The third-order valence-corrected chi connectivity index (χ3v) is 8.25. The van der Waals surface area contributed by atoms with Crippen molar-refractivity contribution >= 4 is 22.8 Å². The van der Waals surface area contributed by atoms with Gasteiger partial charge in [0.15, 0.2) is 0 Å². The Balaban J connectivity index is 1.13. The molecule has 3 aromatic heterocycles. The van der Waals surface area contributed by atoms with E-state index in [0.717, 1.165) is 80.3 Å². The summed E-state index contributed by atoms with van der Waals surface area (Å²) in [4.78, 5) is 31.1. The fourth-order valence-corrected chi connectivity index (χ4v) is 5.59. The van der Waals surface area contributed by atoms with E-state index in [9.17, 15) is 4.79 Å². The van der Waals surface area contributed by atoms with Gasteiger partial charge in [0.05, 0.1) is 36.8 Å². The summed E-state index contributed by atoms with van der Waals surface area (Å²) in [5.41, 5.74) is 3.55. The van der Waals surface area contributed by atoms with Gasteiger partial charge in [-0.25, -0.2) is 15.0 Å². The highest BCUT2D eigenvalue weighted by Crippen LogP contribution is 2.40. The van der Waals surface area contributed by atoms with Crippen LogP contribution in [0, 0.1) is 5.92 Å². The number of carbonyl (C=O) groups excluding carboxylic acids is 1. The van der Waals surface area contributed by atoms with Gasteiger partial charge >= 0.3 is 0 Å². The number of rotatable bonds is 7. The van der Waals surface area contributed by atoms with E-state index in [1.54, 1.807) is 0 Å². The maximum atomic E-state index is 11.8. The van der Waals surface area contributed by atoms with Crippen LogP contribution in [0.3, 0.4) is 0 Å². The predicted octanol–water partition coefficient (Wildman–Crippen LogP) is 2.25. The first-order valence-corrected chi connectivity index (χ1v) is 13.5. The second kappa shape index (κ2) is 9.25. The summed E-state index contributed by atoms with van der Waals surface area (Å²) in [6.45, 7) is 8.42. The molecule has 3 saturated heterocycles. The van der Waals surface area contributed by atoms with E-state index < -0.39 is 0 Å². The van der Waals surface area contributed by atoms with Crippen molar-refractivity contribution in [2.24, 2.45) is 5.92 Å². The van der Waals surface area contributed by atoms with Gasteiger partial charge < -0.3 is 24.3 Å². The fraction of sp³-hybridized carbons (Fsp3) is 0.556. The average Bonchev–Trinajstić information content (AvgIpc) is 3.48. The first-order chi connectivity index (χ1) is 18.1. The van der Waals surface area contributed by atoms with Gasteiger partial charge in [-0.3, -0.25) is 9.69 Å². The SMILES string of the molecule is CC(Oc1nc(-c2ccc(N3CCN(C4COC4)CC3)nc2)cc2ncn(C3CC3)c12)C1CNC(=O)C1. The van der Waals surface area contributed by atoms with E-state index >= 15 is 0 Å². The standard InChI is InChI=1S/C27H33N7O3/c1-17(19-10-25(35)29-13-19)37-27-26-23(30-16-34(26)20-3-4-20)11-22(31-27)18-2-5-24(28-12-18)33-8-6-32(7-9-33)21-14-36-15-21/h2,5,11-12,16-17,19-21H,3-4,6-10,13-15H2,1H3,(H,29,35). The average molecular weight is 504 g/mol. The molecule has 10 nitrogen and oxygen atoms in total. The summed E-state index contributed by atoms with van der Waals surface area (Å²) in [5, 5.41) is 2.91. The van der Waals surface area contributed by atoms with E-state index in [4.69, 9.17) is 24.4 Å². The number of amides is 1. The van der Waals surface area contributed by atoms with Crippen LogP contribution in [0.4, 0.5) is 5.82 Å². The molecule has 3 aromatic rings. The summed E-state index contributed by atoms with van der Waals surface area (Å²) in [7, 11) is 0. The van der Waals surface area contributed by atoms with Gasteiger partial charge in [0, 0.05) is 62.9 Å². The van der Waals surface area contributed by atoms with Crippen LogP contribution in [0.5, 0.6) is 5.88 Å². The molecule has 194 valence electrons. The van der Waals surface area contributed by atoms with Gasteiger partial charge in [-0.05, 0) is 38.0 Å². The number of pyridine rings is 2. The van der Waals surface area contributed by atoms with Crippen LogP contribution in [0.2, 0.25) is 0 Å². The zero-order valence-corrected chi connectivity index (χ0v) is 21.2. The molecule has 2 atom stereocenters. The largest absolute Gasteiger partial charge is 0.473 e. The van der Waals surface area contributed by atoms with Crippen LogP contribution in [0.1, 0.15) is 32.2 Å². The van der Waals surface area contributed by atoms with E-state index in [-0.39, 0.29) is 17.9 Å². The number of piperazine rings is 1. The minimum absolute atomic E-state index is 0.0833. The van der Waals surface area contributed by atoms with Crippen molar-refractivity contribution in [1.29, 1.82) is 0 Å². The number of nitrogens with one attached hydrogen (secondary N) is 1. The zero-order valence-electron chi connectivity index (χ0n) is 21.2. The number of hydrogen-bond donors (Lipinski definition) is 1. The summed E-state index contributed by atoms with van der Waals surface area (Å²) in [6, 6.07) is 7.26. The maximum Gasteiger partial charge on any atom is 0.241 e. The number of carbonyl (C=O) groups is 1. The van der Waals surface area contributed by atoms with Crippen LogP contribution < -0.4 is 15.0 Å². The molecule has 1 saturated carbocycles. The van der Waals surface area contributed by atoms with Crippen molar-refractivity contribution in [3.05, 3.63) is 30.7 Å². The molecule has 7 rings (SSSR count). The Morgan fingerprint density at radius 2 is 1.95 bits per heavy atom. The zero-order chi connectivity index (χ0) is 24.9. The highest BCUT2D eigenvalue weighted by Gasteiger charge is 2.32. The smallest absolute Gasteiger partial charge is 0.241 e. The number of imidazole rings is 1. The molecule has 37 heavy (non-hydrogen) atoms. The van der Waals surface area contributed by atoms with E-state index in [1.807, 2.05) is 25.5 Å². The monoisotopic (exact) mass is 503 g/mol. The quantitative estimate of drug-likeness (QED) is 0.525. The molecule has 4 fully saturated rings. The fourth-order valence-electron chi connectivity index (χ4n) is 5.59. The Morgan fingerprint density at radius 1 is 1.11 bits per heavy atom. The number of anilines is 1. The van der Waals surface area contributed by atoms with Crippen molar-refractivity contribution in [3.63, 3.8) is 0 Å². The van der Waals surface area contributed by atoms with Gasteiger partial charge in [-0.2, -0.15) is 0 Å². The normalized spacial score (nSPS) is 23.8. The molecule has 0 spiro atoms. The van der Waals surface area contributed by atoms with E-state index in [1.165, 1.54) is 0 Å². The second-order valence-electron chi connectivity index (χ2n) is 10.8. The summed E-state index contributed by atoms with van der Waals surface area (Å²) in [5.74, 6) is 1.79. The molecule has 2 unspecified atom stereocenters. The van der Waals surface area contributed by atoms with E-state index in [2.05, 4.69) is 31.8 Å². The Hall–Kier alpha value is -3.24. The highest BCUT2D eigenvalue weighted by molar-refractivity contribution is 5.85. The minimum Gasteiger partial charge on any atom is -0.473 e. The summed E-state index contributed by atoms with van der Waals surface area (Å²) >= 11 is 0. The third kappa shape index (κ3) is 4.42. The summed E-state index contributed by atoms with van der Waals surface area (Å²) < 4.78 is 14.0. The Morgan fingerprint density at radius 3 is 2.59 bits per heavy atom. The molecule has 4 aliphatic rings. The van der Waals surface area contributed by atoms with Crippen molar-refractivity contribution in [1.82, 2.24) is 29.7 Å². The first kappa shape index (κ1) is 22.9. The molecule has 0 radical (unpaired) electrons. The lowest BCUT2D eigenvalue weighted by Crippen LogP contribution is -2.56. The molecule has 10 heteroatoms. The van der Waals surface area contributed by atoms with E-state index in [0.29, 0.717) is 30.9 Å². The van der Waals surface area contributed by atoms with Crippen molar-refractivity contribution in [2.45, 2.75) is 44.4 Å². The summed E-state index contributed by atoms with van der Waals surface area (Å²) in [6.07, 6.45) is 6.45. The molecule has 3 aliphatic heterocycles. The Kier molecular flexibility index (Phi) is 5.73. The number of ether oxygens (including phenoxy) is 2. The van der Waals surface area contributed by atoms with Crippen LogP contribution >= 0.6 is 0 Å². The molecular weight excluding hydrogens is 470 g/mol. The van der Waals surface area contributed by atoms with Crippen molar-refractivity contribution < 1.29 is 14.3 Å². The highest BCUT2D eigenvalue weighted by atomic mass is 16.5. The van der Waals surface area contributed by atoms with Crippen molar-refractivity contribution in [3.8, 4) is 17.1 Å². The van der Waals surface area contributed by atoms with Crippen LogP contribution in [0.15, 0.2) is 30.7 Å². The third-order valence-electron chi connectivity index (χ3n) is 8.25. The lowest BCUT2D eigenvalue weighted by molar-refractivity contribution is -0.119. The molecule has 1 amide bonds. The van der Waals surface area contributed by atoms with Crippen molar-refractivity contribution in [2.75, 3.05) is 50.8 Å². The molecule has 6 heterocycles. The maximum absolute atomic E-state index is 11.8. The first-order valence-electron chi connectivity index (χ1n) is 13.5. The second-order valence-corrected chi connectivity index (χ2v) is 10.8. The Labute approximate surface area is 216 Å². The van der Waals surface area contributed by atoms with Gasteiger partial charge in [-0.15, -0.1) is 0 Å². The molecule has 0 aromatic carbocycles. The van der Waals surface area contributed by atoms with Crippen LogP contribution in [-0.2, 0) is 9.53 Å². The minimum atomic E-state index is -0.141. The number of aromatic nitrogens is 4. The molecule has 1 N–H and O–H groups in total. The molecule has 1 aliphatic carbocycles. The number of nitrogens with zero attached hydrogens (tertiary/aromatic N) is 6. The topological polar surface area (TPSA) is 97.6 Å². The lowest BCUT2D eigenvalue weighted by Gasteiger charge is -2.42. The van der Waals surface area contributed by atoms with Gasteiger partial charge in [0.25, 0.3) is 0 Å². The Bertz CT molecular complexity index is 1290. The number of fused-ring (bicyclic) bond motifs is 1. The lowest BCUT2D eigenvalue weighted by atomic mass is 10.0. The molecule has 0 bridgehead atoms. The van der Waals surface area contributed by atoms with Gasteiger partial charge in [0.2, 0.25) is 11.8 Å². The molecular formula is C27H33N7O3. The van der Waals surface area contributed by atoms with Crippen LogP contribution in [-0.4, -0.2) is 88.4 Å². The van der Waals surface area contributed by atoms with Crippen LogP contribution in [0.25, 0.3) is 22.3 Å². The predicted molar refractivity (Wildman–Crippen MR) is 139 cm³/mol. The number of hydrogen-bond acceptors (Lipinski definition) is 8. The van der Waals surface area contributed by atoms with Gasteiger partial charge in [-0.1, -0.05) is 0 Å².